The van der Waals surface area contributed by atoms with E-state index in [1.54, 1.807) is 13.2 Å². The maximum atomic E-state index is 13.0. The topological polar surface area (TPSA) is 82.6 Å². The van der Waals surface area contributed by atoms with Crippen molar-refractivity contribution in [3.8, 4) is 5.75 Å². The van der Waals surface area contributed by atoms with E-state index in [0.29, 0.717) is 23.9 Å². The molecule has 6 heteroatoms. The predicted molar refractivity (Wildman–Crippen MR) is 88.1 cm³/mol. The van der Waals surface area contributed by atoms with Crippen molar-refractivity contribution in [1.82, 2.24) is 9.88 Å². The molecule has 1 amide bonds. The second kappa shape index (κ2) is 5.54. The average Bonchev–Trinajstić information content (AvgIpc) is 3.25. The highest BCUT2D eigenvalue weighted by atomic mass is 16.5. The highest BCUT2D eigenvalue weighted by molar-refractivity contribution is 6.01. The van der Waals surface area contributed by atoms with Crippen LogP contribution in [0.15, 0.2) is 24.3 Å². The van der Waals surface area contributed by atoms with Crippen LogP contribution in [0.1, 0.15) is 29.8 Å². The number of hydrogen-bond acceptors (Lipinski definition) is 3. The first kappa shape index (κ1) is 15.1. The Labute approximate surface area is 139 Å². The van der Waals surface area contributed by atoms with Crippen LogP contribution in [0.25, 0.3) is 10.9 Å². The van der Waals surface area contributed by atoms with Gasteiger partial charge >= 0.3 is 5.97 Å². The summed E-state index contributed by atoms with van der Waals surface area (Å²) < 4.78 is 5.33. The van der Waals surface area contributed by atoms with Crippen LogP contribution in [0.2, 0.25) is 0 Å². The standard InChI is InChI=1S/C18H20N2O4/c1-24-15-7-3-6-13-12(15)8-14(19-13)17(21)20-9-10-4-2-5-11(10)16(20)18(22)23/h3,6-8,10-11,16,19H,2,4-5,9H2,1H3,(H,22,23)/t10?,11?,16-/m0/s1. The maximum absolute atomic E-state index is 13.0. The van der Waals surface area contributed by atoms with Gasteiger partial charge in [-0.3, -0.25) is 4.79 Å². The molecule has 1 aliphatic heterocycles. The number of fused-ring (bicyclic) bond motifs is 2. The van der Waals surface area contributed by atoms with Crippen LogP contribution in [-0.2, 0) is 4.79 Å². The van der Waals surface area contributed by atoms with Crippen molar-refractivity contribution in [2.75, 3.05) is 13.7 Å². The number of carboxylic acids is 1. The van der Waals surface area contributed by atoms with Gasteiger partial charge in [-0.05, 0) is 42.9 Å². The van der Waals surface area contributed by atoms with E-state index in [-0.39, 0.29) is 11.8 Å². The van der Waals surface area contributed by atoms with Crippen LogP contribution in [0.4, 0.5) is 0 Å². The van der Waals surface area contributed by atoms with Crippen LogP contribution in [0.3, 0.4) is 0 Å². The number of amides is 1. The number of hydrogen-bond donors (Lipinski definition) is 2. The third-order valence-electron chi connectivity index (χ3n) is 5.48. The van der Waals surface area contributed by atoms with E-state index < -0.39 is 12.0 Å². The second-order valence-corrected chi connectivity index (χ2v) is 6.70. The van der Waals surface area contributed by atoms with Gasteiger partial charge in [0.25, 0.3) is 5.91 Å². The molecule has 2 heterocycles. The number of ether oxygens (including phenoxy) is 1. The normalized spacial score (nSPS) is 25.9. The Morgan fingerprint density at radius 2 is 2.17 bits per heavy atom. The molecule has 1 aliphatic carbocycles. The summed E-state index contributed by atoms with van der Waals surface area (Å²) in [4.78, 5) is 29.3. The summed E-state index contributed by atoms with van der Waals surface area (Å²) in [6.07, 6.45) is 2.97. The van der Waals surface area contributed by atoms with Crippen LogP contribution < -0.4 is 4.74 Å². The third kappa shape index (κ3) is 2.17. The van der Waals surface area contributed by atoms with Gasteiger partial charge in [0, 0.05) is 17.4 Å². The zero-order valence-electron chi connectivity index (χ0n) is 13.5. The molecule has 0 radical (unpaired) electrons. The summed E-state index contributed by atoms with van der Waals surface area (Å²) in [5, 5.41) is 10.5. The summed E-state index contributed by atoms with van der Waals surface area (Å²) >= 11 is 0. The number of benzene rings is 1. The fraction of sp³-hybridized carbons (Fsp3) is 0.444. The number of nitrogens with zero attached hydrogens (tertiary/aromatic N) is 1. The maximum Gasteiger partial charge on any atom is 0.326 e. The van der Waals surface area contributed by atoms with Gasteiger partial charge in [-0.15, -0.1) is 0 Å². The van der Waals surface area contributed by atoms with Gasteiger partial charge in [0.1, 0.15) is 17.5 Å². The van der Waals surface area contributed by atoms with Crippen molar-refractivity contribution >= 4 is 22.8 Å². The predicted octanol–water partition coefficient (Wildman–Crippen LogP) is 2.50. The molecule has 1 aromatic heterocycles. The minimum absolute atomic E-state index is 0.0883. The van der Waals surface area contributed by atoms with Gasteiger partial charge in [0.05, 0.1) is 7.11 Å². The second-order valence-electron chi connectivity index (χ2n) is 6.70. The Morgan fingerprint density at radius 3 is 2.92 bits per heavy atom. The lowest BCUT2D eigenvalue weighted by molar-refractivity contribution is -0.142. The summed E-state index contributed by atoms with van der Waals surface area (Å²) in [5.74, 6) is -0.0447. The zero-order chi connectivity index (χ0) is 16.8. The van der Waals surface area contributed by atoms with Gasteiger partial charge in [0.15, 0.2) is 0 Å². The van der Waals surface area contributed by atoms with E-state index in [1.165, 1.54) is 4.90 Å². The number of aromatic nitrogens is 1. The first-order chi connectivity index (χ1) is 11.6. The minimum Gasteiger partial charge on any atom is -0.496 e. The van der Waals surface area contributed by atoms with Crippen molar-refractivity contribution in [3.63, 3.8) is 0 Å². The molecule has 3 atom stereocenters. The average molecular weight is 328 g/mol. The van der Waals surface area contributed by atoms with Crippen molar-refractivity contribution in [1.29, 1.82) is 0 Å². The van der Waals surface area contributed by atoms with E-state index in [4.69, 9.17) is 4.74 Å². The smallest absolute Gasteiger partial charge is 0.326 e. The Kier molecular flexibility index (Phi) is 3.48. The molecule has 1 saturated heterocycles. The molecule has 1 saturated carbocycles. The lowest BCUT2D eigenvalue weighted by Crippen LogP contribution is -2.43. The number of nitrogens with one attached hydrogen (secondary N) is 1. The fourth-order valence-electron chi connectivity index (χ4n) is 4.41. The summed E-state index contributed by atoms with van der Waals surface area (Å²) in [7, 11) is 1.59. The number of carbonyl (C=O) groups excluding carboxylic acids is 1. The molecular weight excluding hydrogens is 308 g/mol. The first-order valence-electron chi connectivity index (χ1n) is 8.29. The van der Waals surface area contributed by atoms with E-state index in [9.17, 15) is 14.7 Å². The highest BCUT2D eigenvalue weighted by Crippen LogP contribution is 2.42. The van der Waals surface area contributed by atoms with Gasteiger partial charge in [-0.2, -0.15) is 0 Å². The molecule has 2 fully saturated rings. The summed E-state index contributed by atoms with van der Waals surface area (Å²) in [6.45, 7) is 0.535. The monoisotopic (exact) mass is 328 g/mol. The van der Waals surface area contributed by atoms with Crippen LogP contribution in [-0.4, -0.2) is 46.6 Å². The fourth-order valence-corrected chi connectivity index (χ4v) is 4.41. The molecule has 4 rings (SSSR count). The van der Waals surface area contributed by atoms with Gasteiger partial charge in [-0.25, -0.2) is 4.79 Å². The molecule has 6 nitrogen and oxygen atoms in total. The number of aliphatic carboxylic acids is 1. The van der Waals surface area contributed by atoms with Crippen molar-refractivity contribution < 1.29 is 19.4 Å². The van der Waals surface area contributed by atoms with E-state index >= 15 is 0 Å². The minimum atomic E-state index is -0.897. The van der Waals surface area contributed by atoms with Crippen LogP contribution >= 0.6 is 0 Å². The van der Waals surface area contributed by atoms with Gasteiger partial charge in [0.2, 0.25) is 0 Å². The number of carbonyl (C=O) groups is 2. The van der Waals surface area contributed by atoms with E-state index in [2.05, 4.69) is 4.98 Å². The third-order valence-corrected chi connectivity index (χ3v) is 5.48. The molecule has 1 aromatic carbocycles. The van der Waals surface area contributed by atoms with E-state index in [0.717, 1.165) is 30.2 Å². The first-order valence-corrected chi connectivity index (χ1v) is 8.29. The molecule has 0 spiro atoms. The summed E-state index contributed by atoms with van der Waals surface area (Å²) in [5.41, 5.74) is 1.23. The lowest BCUT2D eigenvalue weighted by atomic mass is 9.94. The molecule has 126 valence electrons. The quantitative estimate of drug-likeness (QED) is 0.907. The van der Waals surface area contributed by atoms with Crippen LogP contribution in [0.5, 0.6) is 5.75 Å². The highest BCUT2D eigenvalue weighted by Gasteiger charge is 2.49. The molecule has 2 aromatic rings. The number of likely N-dealkylation sites (tertiary alicyclic amines) is 1. The lowest BCUT2D eigenvalue weighted by Gasteiger charge is -2.23. The number of methoxy groups -OCH3 is 1. The van der Waals surface area contributed by atoms with Crippen molar-refractivity contribution in [3.05, 3.63) is 30.0 Å². The summed E-state index contributed by atoms with van der Waals surface area (Å²) in [6, 6.07) is 6.61. The number of rotatable bonds is 3. The van der Waals surface area contributed by atoms with Gasteiger partial charge in [-0.1, -0.05) is 12.5 Å². The Morgan fingerprint density at radius 1 is 1.33 bits per heavy atom. The largest absolute Gasteiger partial charge is 0.496 e. The molecule has 2 unspecified atom stereocenters. The SMILES string of the molecule is COc1cccc2[nH]c(C(=O)N3CC4CCCC4[C@H]3C(=O)O)cc12. The Balaban J connectivity index is 1.69. The van der Waals surface area contributed by atoms with E-state index in [1.807, 2.05) is 18.2 Å². The molecule has 0 bridgehead atoms. The number of carboxylic acid groups (broad SMARTS) is 1. The van der Waals surface area contributed by atoms with Crippen molar-refractivity contribution in [2.24, 2.45) is 11.8 Å². The number of aromatic amines is 1. The van der Waals surface area contributed by atoms with Crippen molar-refractivity contribution in [2.45, 2.75) is 25.3 Å². The van der Waals surface area contributed by atoms with Gasteiger partial charge < -0.3 is 19.7 Å². The molecule has 2 N–H and O–H groups in total. The van der Waals surface area contributed by atoms with Crippen LogP contribution in [0, 0.1) is 11.8 Å². The Bertz CT molecular complexity index is 812. The zero-order valence-corrected chi connectivity index (χ0v) is 13.5. The Hall–Kier alpha value is -2.50. The molecular formula is C18H20N2O4. The number of H-pyrrole nitrogens is 1. The molecule has 2 aliphatic rings. The molecule has 24 heavy (non-hydrogen) atoms.